The number of aryl methyl sites for hydroxylation is 1. The van der Waals surface area contributed by atoms with Gasteiger partial charge in [0.15, 0.2) is 0 Å². The van der Waals surface area contributed by atoms with Gasteiger partial charge in [-0.2, -0.15) is 4.98 Å². The third-order valence-corrected chi connectivity index (χ3v) is 3.37. The molecule has 3 rings (SSSR count). The summed E-state index contributed by atoms with van der Waals surface area (Å²) >= 11 is 0. The number of aliphatic hydroxyl groups excluding tert-OH is 1. The topological polar surface area (TPSA) is 84.1 Å². The van der Waals surface area contributed by atoms with Gasteiger partial charge in [-0.25, -0.2) is 0 Å². The van der Waals surface area contributed by atoms with Gasteiger partial charge in [0.2, 0.25) is 11.7 Å². The van der Waals surface area contributed by atoms with E-state index in [0.29, 0.717) is 24.7 Å². The Bertz CT molecular complexity index is 569. The van der Waals surface area contributed by atoms with Crippen LogP contribution in [0.1, 0.15) is 30.8 Å². The molecule has 0 bridgehead atoms. The predicted octanol–water partition coefficient (Wildman–Crippen LogP) is 1.09. The SMILES string of the molecule is CCc1cnccc1-c1noc([C@@H]2CC(O)CN2)n1. The van der Waals surface area contributed by atoms with Crippen LogP contribution < -0.4 is 5.32 Å². The number of nitrogens with zero attached hydrogens (tertiary/aromatic N) is 3. The second-order valence-electron chi connectivity index (χ2n) is 4.69. The molecule has 0 radical (unpaired) electrons. The van der Waals surface area contributed by atoms with Crippen LogP contribution in [-0.2, 0) is 6.42 Å². The molecule has 0 spiro atoms. The fourth-order valence-corrected chi connectivity index (χ4v) is 2.32. The molecule has 0 aliphatic carbocycles. The molecule has 2 atom stereocenters. The normalized spacial score (nSPS) is 22.8. The van der Waals surface area contributed by atoms with E-state index < -0.39 is 0 Å². The van der Waals surface area contributed by atoms with Crippen molar-refractivity contribution in [3.8, 4) is 11.4 Å². The first-order chi connectivity index (χ1) is 9.28. The van der Waals surface area contributed by atoms with Gasteiger partial charge in [0.1, 0.15) is 0 Å². The minimum atomic E-state index is -0.340. The Labute approximate surface area is 110 Å². The fraction of sp³-hybridized carbons (Fsp3) is 0.462. The highest BCUT2D eigenvalue weighted by Crippen LogP contribution is 2.26. The van der Waals surface area contributed by atoms with Crippen LogP contribution in [0.25, 0.3) is 11.4 Å². The third-order valence-electron chi connectivity index (χ3n) is 3.37. The highest BCUT2D eigenvalue weighted by Gasteiger charge is 2.28. The number of aliphatic hydroxyl groups is 1. The summed E-state index contributed by atoms with van der Waals surface area (Å²) < 4.78 is 5.30. The van der Waals surface area contributed by atoms with E-state index in [-0.39, 0.29) is 12.1 Å². The summed E-state index contributed by atoms with van der Waals surface area (Å²) in [6.07, 6.45) is 4.68. The summed E-state index contributed by atoms with van der Waals surface area (Å²) in [4.78, 5) is 8.53. The molecule has 1 aliphatic heterocycles. The van der Waals surface area contributed by atoms with Crippen molar-refractivity contribution in [1.82, 2.24) is 20.4 Å². The van der Waals surface area contributed by atoms with Crippen LogP contribution in [0.3, 0.4) is 0 Å². The van der Waals surface area contributed by atoms with Gasteiger partial charge < -0.3 is 14.9 Å². The van der Waals surface area contributed by atoms with Gasteiger partial charge in [-0.1, -0.05) is 12.1 Å². The van der Waals surface area contributed by atoms with E-state index in [1.54, 1.807) is 6.20 Å². The van der Waals surface area contributed by atoms with Crippen LogP contribution in [0.2, 0.25) is 0 Å². The van der Waals surface area contributed by atoms with Crippen LogP contribution in [0.5, 0.6) is 0 Å². The van der Waals surface area contributed by atoms with E-state index in [1.165, 1.54) is 0 Å². The second kappa shape index (κ2) is 5.07. The zero-order valence-electron chi connectivity index (χ0n) is 10.7. The van der Waals surface area contributed by atoms with E-state index in [1.807, 2.05) is 12.3 Å². The number of hydrogen-bond acceptors (Lipinski definition) is 6. The molecular formula is C13H16N4O2. The lowest BCUT2D eigenvalue weighted by Gasteiger charge is -2.02. The second-order valence-corrected chi connectivity index (χ2v) is 4.69. The molecule has 2 N–H and O–H groups in total. The lowest BCUT2D eigenvalue weighted by molar-refractivity contribution is 0.191. The molecule has 1 fully saturated rings. The molecule has 0 amide bonds. The molecule has 2 aromatic heterocycles. The van der Waals surface area contributed by atoms with Crippen LogP contribution in [0, 0.1) is 0 Å². The summed E-state index contributed by atoms with van der Waals surface area (Å²) in [5, 5.41) is 16.7. The first kappa shape index (κ1) is 12.3. The lowest BCUT2D eigenvalue weighted by atomic mass is 10.1. The summed E-state index contributed by atoms with van der Waals surface area (Å²) in [5.74, 6) is 1.11. The molecule has 3 heterocycles. The van der Waals surface area contributed by atoms with Gasteiger partial charge in [0, 0.05) is 24.5 Å². The van der Waals surface area contributed by atoms with Crippen molar-refractivity contribution >= 4 is 0 Å². The number of rotatable bonds is 3. The van der Waals surface area contributed by atoms with Gasteiger partial charge in [-0.15, -0.1) is 0 Å². The highest BCUT2D eigenvalue weighted by atomic mass is 16.5. The van der Waals surface area contributed by atoms with Crippen molar-refractivity contribution in [3.63, 3.8) is 0 Å². The molecule has 6 nitrogen and oxygen atoms in total. The highest BCUT2D eigenvalue weighted by molar-refractivity contribution is 5.58. The zero-order valence-corrected chi connectivity index (χ0v) is 10.7. The third kappa shape index (κ3) is 2.36. The molecule has 6 heteroatoms. The average Bonchev–Trinajstić information content (AvgIpc) is 3.07. The molecule has 100 valence electrons. The van der Waals surface area contributed by atoms with Crippen molar-refractivity contribution in [1.29, 1.82) is 0 Å². The van der Waals surface area contributed by atoms with Gasteiger partial charge in [0.05, 0.1) is 12.1 Å². The van der Waals surface area contributed by atoms with E-state index in [9.17, 15) is 5.11 Å². The maximum absolute atomic E-state index is 9.51. The summed E-state index contributed by atoms with van der Waals surface area (Å²) in [7, 11) is 0. The maximum Gasteiger partial charge on any atom is 0.244 e. The molecule has 19 heavy (non-hydrogen) atoms. The molecule has 2 aromatic rings. The lowest BCUT2D eigenvalue weighted by Crippen LogP contribution is -2.15. The molecular weight excluding hydrogens is 244 g/mol. The van der Waals surface area contributed by atoms with Crippen molar-refractivity contribution in [2.24, 2.45) is 0 Å². The van der Waals surface area contributed by atoms with Crippen molar-refractivity contribution in [2.45, 2.75) is 31.9 Å². The summed E-state index contributed by atoms with van der Waals surface area (Å²) in [5.41, 5.74) is 2.04. The summed E-state index contributed by atoms with van der Waals surface area (Å²) in [6, 6.07) is 1.84. The Kier molecular flexibility index (Phi) is 3.27. The number of aromatic nitrogens is 3. The Morgan fingerprint density at radius 1 is 1.53 bits per heavy atom. The van der Waals surface area contributed by atoms with Crippen LogP contribution in [0.4, 0.5) is 0 Å². The van der Waals surface area contributed by atoms with Crippen molar-refractivity contribution in [3.05, 3.63) is 29.9 Å². The van der Waals surface area contributed by atoms with Crippen molar-refractivity contribution < 1.29 is 9.63 Å². The maximum atomic E-state index is 9.51. The van der Waals surface area contributed by atoms with E-state index in [0.717, 1.165) is 17.5 Å². The number of pyridine rings is 1. The average molecular weight is 260 g/mol. The first-order valence-electron chi connectivity index (χ1n) is 6.46. The minimum absolute atomic E-state index is 0.0526. The first-order valence-corrected chi connectivity index (χ1v) is 6.46. The predicted molar refractivity (Wildman–Crippen MR) is 68.3 cm³/mol. The van der Waals surface area contributed by atoms with Gasteiger partial charge in [-0.05, 0) is 24.5 Å². The number of nitrogens with one attached hydrogen (secondary N) is 1. The summed E-state index contributed by atoms with van der Waals surface area (Å²) in [6.45, 7) is 2.63. The van der Waals surface area contributed by atoms with E-state index >= 15 is 0 Å². The molecule has 0 saturated carbocycles. The van der Waals surface area contributed by atoms with E-state index in [2.05, 4.69) is 27.4 Å². The smallest absolute Gasteiger partial charge is 0.244 e. The quantitative estimate of drug-likeness (QED) is 0.859. The van der Waals surface area contributed by atoms with Crippen molar-refractivity contribution in [2.75, 3.05) is 6.54 Å². The van der Waals surface area contributed by atoms with Crippen LogP contribution in [-0.4, -0.2) is 32.9 Å². The Hall–Kier alpha value is -1.79. The molecule has 1 unspecified atom stereocenters. The standard InChI is InChI=1S/C13H16N4O2/c1-2-8-6-14-4-3-10(8)12-16-13(19-17-12)11-5-9(18)7-15-11/h3-4,6,9,11,15,18H,2,5,7H2,1H3/t9?,11-/m0/s1. The number of hydrogen-bond donors (Lipinski definition) is 2. The Morgan fingerprint density at radius 2 is 2.42 bits per heavy atom. The van der Waals surface area contributed by atoms with E-state index in [4.69, 9.17) is 4.52 Å². The van der Waals surface area contributed by atoms with Gasteiger partial charge >= 0.3 is 0 Å². The fourth-order valence-electron chi connectivity index (χ4n) is 2.32. The number of β-amino-alcohol motifs (C(OH)–C–C–N with tert-alkyl or cyclic N) is 1. The zero-order chi connectivity index (χ0) is 13.2. The van der Waals surface area contributed by atoms with Gasteiger partial charge in [-0.3, -0.25) is 4.98 Å². The Balaban J connectivity index is 1.88. The van der Waals surface area contributed by atoms with Crippen LogP contribution in [0.15, 0.2) is 23.0 Å². The molecule has 1 saturated heterocycles. The largest absolute Gasteiger partial charge is 0.392 e. The van der Waals surface area contributed by atoms with Gasteiger partial charge in [0.25, 0.3) is 0 Å². The molecule has 0 aromatic carbocycles. The Morgan fingerprint density at radius 3 is 3.16 bits per heavy atom. The van der Waals surface area contributed by atoms with Crippen LogP contribution >= 0.6 is 0 Å². The molecule has 1 aliphatic rings. The monoisotopic (exact) mass is 260 g/mol. The minimum Gasteiger partial charge on any atom is -0.392 e.